The number of carbonyl (C=O) groups excluding carboxylic acids is 4. The molecule has 1 saturated heterocycles. The van der Waals surface area contributed by atoms with Gasteiger partial charge in [0.2, 0.25) is 11.8 Å². The Morgan fingerprint density at radius 1 is 0.879 bits per heavy atom. The largest absolute Gasteiger partial charge is 0.427 e. The number of amides is 2. The van der Waals surface area contributed by atoms with Crippen molar-refractivity contribution in [3.63, 3.8) is 0 Å². The Bertz CT molecular complexity index is 1310. The number of anilines is 1. The van der Waals surface area contributed by atoms with Crippen molar-refractivity contribution in [1.29, 1.82) is 0 Å². The van der Waals surface area contributed by atoms with Gasteiger partial charge in [-0.3, -0.25) is 14.4 Å². The lowest BCUT2D eigenvalue weighted by atomic mass is 9.48. The second kappa shape index (κ2) is 6.72. The molecule has 7 rings (SSSR count). The first-order valence-electron chi connectivity index (χ1n) is 10.8. The number of esters is 1. The van der Waals surface area contributed by atoms with E-state index in [0.717, 1.165) is 28.5 Å². The van der Waals surface area contributed by atoms with Crippen LogP contribution in [0.4, 0.5) is 5.69 Å². The number of hydrogen-bond acceptors (Lipinski definition) is 5. The predicted octanol–water partition coefficient (Wildman–Crippen LogP) is 3.36. The van der Waals surface area contributed by atoms with E-state index in [0.29, 0.717) is 11.4 Å². The van der Waals surface area contributed by atoms with E-state index >= 15 is 0 Å². The van der Waals surface area contributed by atoms with E-state index < -0.39 is 23.2 Å². The third kappa shape index (κ3) is 2.38. The first-order valence-corrected chi connectivity index (χ1v) is 10.8. The average Bonchev–Trinajstić information content (AvgIpc) is 3.10. The Balaban J connectivity index is 1.53. The highest BCUT2D eigenvalue weighted by Crippen LogP contribution is 2.63. The Hall–Kier alpha value is -4.06. The van der Waals surface area contributed by atoms with Gasteiger partial charge in [0.05, 0.1) is 22.9 Å². The van der Waals surface area contributed by atoms with E-state index in [4.69, 9.17) is 4.74 Å². The molecule has 6 nitrogen and oxygen atoms in total. The Labute approximate surface area is 189 Å². The van der Waals surface area contributed by atoms with Crippen LogP contribution in [0.5, 0.6) is 5.75 Å². The van der Waals surface area contributed by atoms with Gasteiger partial charge >= 0.3 is 5.97 Å². The third-order valence-electron chi connectivity index (χ3n) is 7.23. The minimum atomic E-state index is -1.22. The summed E-state index contributed by atoms with van der Waals surface area (Å²) in [5.41, 5.74) is 2.64. The maximum atomic E-state index is 13.8. The van der Waals surface area contributed by atoms with Crippen molar-refractivity contribution in [2.75, 3.05) is 4.90 Å². The molecular formula is C27H19NO5. The molecule has 2 amide bonds. The summed E-state index contributed by atoms with van der Waals surface area (Å²) in [6.45, 7) is 1.30. The van der Waals surface area contributed by atoms with Crippen LogP contribution in [0.15, 0.2) is 72.8 Å². The van der Waals surface area contributed by atoms with Gasteiger partial charge in [-0.15, -0.1) is 0 Å². The fraction of sp³-hybridized carbons (Fsp3) is 0.185. The highest BCUT2D eigenvalue weighted by atomic mass is 16.5. The molecule has 3 aliphatic carbocycles. The molecule has 4 aliphatic rings. The van der Waals surface area contributed by atoms with Crippen molar-refractivity contribution in [2.24, 2.45) is 11.8 Å². The Kier molecular flexibility index (Phi) is 3.99. The van der Waals surface area contributed by atoms with Gasteiger partial charge in [-0.25, -0.2) is 4.90 Å². The van der Waals surface area contributed by atoms with Gasteiger partial charge in [-0.1, -0.05) is 48.5 Å². The lowest BCUT2D eigenvalue weighted by Gasteiger charge is -2.51. The molecule has 6 heteroatoms. The highest BCUT2D eigenvalue weighted by molar-refractivity contribution is 6.24. The standard InChI is InChI=1S/C27H19NO5/c1-15(30)33-17-12-10-16(11-13-17)28-25(31)23-22-18-6-2-4-8-20(18)27(14-29,24(23)26(28)32)21-9-5-3-7-19(21)22/h2-14,22-24H,1H3/t22?,23-,24+,27?/m1/s1. The molecule has 33 heavy (non-hydrogen) atoms. The highest BCUT2D eigenvalue weighted by Gasteiger charge is 2.68. The quantitative estimate of drug-likeness (QED) is 0.272. The topological polar surface area (TPSA) is 80.8 Å². The van der Waals surface area contributed by atoms with Crippen LogP contribution in [0, 0.1) is 11.8 Å². The van der Waals surface area contributed by atoms with E-state index in [1.54, 1.807) is 24.3 Å². The fourth-order valence-corrected chi connectivity index (χ4v) is 6.11. The fourth-order valence-electron chi connectivity index (χ4n) is 6.11. The Morgan fingerprint density at radius 3 is 2.00 bits per heavy atom. The lowest BCUT2D eigenvalue weighted by Crippen LogP contribution is -2.54. The molecule has 0 spiro atoms. The summed E-state index contributed by atoms with van der Waals surface area (Å²) < 4.78 is 5.07. The van der Waals surface area contributed by atoms with Crippen LogP contribution in [0.3, 0.4) is 0 Å². The molecule has 0 N–H and O–H groups in total. The maximum absolute atomic E-state index is 13.8. The molecule has 0 radical (unpaired) electrons. The van der Waals surface area contributed by atoms with Crippen molar-refractivity contribution < 1.29 is 23.9 Å². The molecule has 1 fully saturated rings. The number of nitrogens with zero attached hydrogens (tertiary/aromatic N) is 1. The predicted molar refractivity (Wildman–Crippen MR) is 119 cm³/mol. The van der Waals surface area contributed by atoms with Gasteiger partial charge in [0.15, 0.2) is 0 Å². The minimum absolute atomic E-state index is 0.300. The summed E-state index contributed by atoms with van der Waals surface area (Å²) in [7, 11) is 0. The molecule has 3 aromatic rings. The monoisotopic (exact) mass is 437 g/mol. The van der Waals surface area contributed by atoms with Crippen molar-refractivity contribution in [3.8, 4) is 5.75 Å². The molecular weight excluding hydrogens is 418 g/mol. The van der Waals surface area contributed by atoms with Crippen molar-refractivity contribution >= 4 is 29.8 Å². The van der Waals surface area contributed by atoms with Crippen molar-refractivity contribution in [1.82, 2.24) is 0 Å². The van der Waals surface area contributed by atoms with Gasteiger partial charge in [0.1, 0.15) is 12.0 Å². The van der Waals surface area contributed by atoms with Crippen LogP contribution in [0.2, 0.25) is 0 Å². The number of aldehydes is 1. The first kappa shape index (κ1) is 19.6. The first-order chi connectivity index (χ1) is 16.0. The molecule has 3 aromatic carbocycles. The molecule has 2 atom stereocenters. The SMILES string of the molecule is CC(=O)Oc1ccc(N2C(=O)[C@@H]3C4c5ccccc5C(C=O)(c5ccccc54)[C@@H]3C2=O)cc1. The van der Waals surface area contributed by atoms with Gasteiger partial charge < -0.3 is 9.53 Å². The summed E-state index contributed by atoms with van der Waals surface area (Å²) in [6, 6.07) is 21.5. The Morgan fingerprint density at radius 2 is 1.45 bits per heavy atom. The molecule has 0 unspecified atom stereocenters. The zero-order valence-corrected chi connectivity index (χ0v) is 17.7. The van der Waals surface area contributed by atoms with E-state index in [1.807, 2.05) is 48.5 Å². The van der Waals surface area contributed by atoms with Crippen LogP contribution in [-0.2, 0) is 24.6 Å². The summed E-state index contributed by atoms with van der Waals surface area (Å²) >= 11 is 0. The minimum Gasteiger partial charge on any atom is -0.427 e. The summed E-state index contributed by atoms with van der Waals surface area (Å²) in [5, 5.41) is 0. The molecule has 2 bridgehead atoms. The van der Waals surface area contributed by atoms with Gasteiger partial charge in [-0.05, 0) is 46.5 Å². The average molecular weight is 437 g/mol. The zero-order valence-electron chi connectivity index (χ0n) is 17.7. The van der Waals surface area contributed by atoms with E-state index in [1.165, 1.54) is 11.8 Å². The van der Waals surface area contributed by atoms with Crippen LogP contribution >= 0.6 is 0 Å². The van der Waals surface area contributed by atoms with Crippen LogP contribution in [0.25, 0.3) is 0 Å². The summed E-state index contributed by atoms with van der Waals surface area (Å²) in [4.78, 5) is 53.0. The molecule has 0 aromatic heterocycles. The number of carbonyl (C=O) groups is 4. The number of ether oxygens (including phenoxy) is 1. The molecule has 0 saturated carbocycles. The second-order valence-electron chi connectivity index (χ2n) is 8.74. The molecule has 1 heterocycles. The van der Waals surface area contributed by atoms with Crippen LogP contribution < -0.4 is 9.64 Å². The lowest BCUT2D eigenvalue weighted by molar-refractivity contribution is -0.132. The van der Waals surface area contributed by atoms with Crippen molar-refractivity contribution in [3.05, 3.63) is 95.1 Å². The smallest absolute Gasteiger partial charge is 0.308 e. The van der Waals surface area contributed by atoms with E-state index in [2.05, 4.69) is 0 Å². The van der Waals surface area contributed by atoms with E-state index in [-0.39, 0.29) is 17.7 Å². The third-order valence-corrected chi connectivity index (χ3v) is 7.23. The molecule has 1 aliphatic heterocycles. The normalized spacial score (nSPS) is 26.5. The van der Waals surface area contributed by atoms with E-state index in [9.17, 15) is 19.2 Å². The van der Waals surface area contributed by atoms with Crippen LogP contribution in [-0.4, -0.2) is 24.1 Å². The number of benzene rings is 3. The summed E-state index contributed by atoms with van der Waals surface area (Å²) in [6.07, 6.45) is 0.857. The van der Waals surface area contributed by atoms with Crippen molar-refractivity contribution in [2.45, 2.75) is 18.3 Å². The van der Waals surface area contributed by atoms with Gasteiger partial charge in [-0.2, -0.15) is 0 Å². The molecule has 162 valence electrons. The number of hydrogen-bond donors (Lipinski definition) is 0. The number of rotatable bonds is 3. The summed E-state index contributed by atoms with van der Waals surface area (Å²) in [5.74, 6) is -2.61. The van der Waals surface area contributed by atoms with Gasteiger partial charge in [0.25, 0.3) is 0 Å². The van der Waals surface area contributed by atoms with Gasteiger partial charge in [0, 0.05) is 12.8 Å². The number of imide groups is 1. The zero-order chi connectivity index (χ0) is 22.9. The van der Waals surface area contributed by atoms with Crippen LogP contribution in [0.1, 0.15) is 35.1 Å². The maximum Gasteiger partial charge on any atom is 0.308 e. The second-order valence-corrected chi connectivity index (χ2v) is 8.74.